The zero-order valence-electron chi connectivity index (χ0n) is 15.3. The molecule has 27 heavy (non-hydrogen) atoms. The van der Waals surface area contributed by atoms with Gasteiger partial charge in [-0.15, -0.1) is 0 Å². The van der Waals surface area contributed by atoms with Crippen LogP contribution in [0.4, 0.5) is 0 Å². The molecule has 2 aromatic rings. The van der Waals surface area contributed by atoms with Gasteiger partial charge in [-0.05, 0) is 23.8 Å². The minimum Gasteiger partial charge on any atom is -0.493 e. The van der Waals surface area contributed by atoms with E-state index in [1.54, 1.807) is 24.3 Å². The molecule has 6 heteroatoms. The molecule has 1 aliphatic rings. The Morgan fingerprint density at radius 3 is 2.22 bits per heavy atom. The van der Waals surface area contributed by atoms with Crippen LogP contribution >= 0.6 is 0 Å². The van der Waals surface area contributed by atoms with Crippen LogP contribution in [0.15, 0.2) is 65.3 Å². The highest BCUT2D eigenvalue weighted by Crippen LogP contribution is 2.38. The summed E-state index contributed by atoms with van der Waals surface area (Å²) >= 11 is 0. The average molecular weight is 365 g/mol. The van der Waals surface area contributed by atoms with Gasteiger partial charge in [0.1, 0.15) is 0 Å². The van der Waals surface area contributed by atoms with Crippen LogP contribution in [0.3, 0.4) is 0 Å². The van der Waals surface area contributed by atoms with Crippen molar-refractivity contribution in [2.75, 3.05) is 21.3 Å². The standard InChI is InChI=1S/C21H19NO5/c1-24-17-12-15(13-18(25-2)19(17)26-3)20-22-16(21(23)27-20)11-7-10-14-8-5-4-6-9-14/h4-13H,1-3H3/b10-7-,16-11+. The Hall–Kier alpha value is -3.54. The first-order valence-corrected chi connectivity index (χ1v) is 8.21. The van der Waals surface area contributed by atoms with Crippen LogP contribution in [0.25, 0.3) is 6.08 Å². The van der Waals surface area contributed by atoms with Crippen LogP contribution in [0.5, 0.6) is 17.2 Å². The Bertz CT molecular complexity index is 904. The molecule has 0 bridgehead atoms. The predicted molar refractivity (Wildman–Crippen MR) is 102 cm³/mol. The van der Waals surface area contributed by atoms with Crippen molar-refractivity contribution in [3.05, 3.63) is 71.4 Å². The van der Waals surface area contributed by atoms with Crippen LogP contribution in [0.1, 0.15) is 11.1 Å². The monoisotopic (exact) mass is 365 g/mol. The molecule has 2 aromatic carbocycles. The zero-order valence-corrected chi connectivity index (χ0v) is 15.3. The number of esters is 1. The number of carbonyl (C=O) groups is 1. The fraction of sp³-hybridized carbons (Fsp3) is 0.143. The molecule has 0 fully saturated rings. The number of methoxy groups -OCH3 is 3. The van der Waals surface area contributed by atoms with Crippen molar-refractivity contribution in [3.8, 4) is 17.2 Å². The number of cyclic esters (lactones) is 1. The van der Waals surface area contributed by atoms with Gasteiger partial charge in [-0.2, -0.15) is 0 Å². The normalized spacial score (nSPS) is 15.0. The molecule has 0 atom stereocenters. The molecule has 0 saturated heterocycles. The highest BCUT2D eigenvalue weighted by atomic mass is 16.6. The first-order chi connectivity index (χ1) is 13.2. The maximum absolute atomic E-state index is 12.1. The van der Waals surface area contributed by atoms with E-state index in [-0.39, 0.29) is 11.6 Å². The van der Waals surface area contributed by atoms with E-state index in [4.69, 9.17) is 18.9 Å². The molecular formula is C21H19NO5. The molecule has 0 unspecified atom stereocenters. The summed E-state index contributed by atoms with van der Waals surface area (Å²) in [6.07, 6.45) is 5.25. The van der Waals surface area contributed by atoms with Crippen molar-refractivity contribution in [1.29, 1.82) is 0 Å². The highest BCUT2D eigenvalue weighted by molar-refractivity contribution is 6.11. The van der Waals surface area contributed by atoms with Crippen LogP contribution in [-0.4, -0.2) is 33.2 Å². The van der Waals surface area contributed by atoms with Gasteiger partial charge in [0.05, 0.1) is 21.3 Å². The summed E-state index contributed by atoms with van der Waals surface area (Å²) in [5.74, 6) is 1.02. The van der Waals surface area contributed by atoms with Crippen molar-refractivity contribution in [2.45, 2.75) is 0 Å². The van der Waals surface area contributed by atoms with Gasteiger partial charge in [-0.3, -0.25) is 0 Å². The molecule has 3 rings (SSSR count). The molecule has 0 radical (unpaired) electrons. The van der Waals surface area contributed by atoms with Crippen molar-refractivity contribution >= 4 is 17.9 Å². The van der Waals surface area contributed by atoms with E-state index in [9.17, 15) is 4.79 Å². The topological polar surface area (TPSA) is 66.4 Å². The summed E-state index contributed by atoms with van der Waals surface area (Å²) in [4.78, 5) is 16.4. The Morgan fingerprint density at radius 2 is 1.63 bits per heavy atom. The van der Waals surface area contributed by atoms with E-state index in [0.717, 1.165) is 5.56 Å². The number of aliphatic imine (C=N–C) groups is 1. The van der Waals surface area contributed by atoms with Gasteiger partial charge in [0.15, 0.2) is 17.2 Å². The average Bonchev–Trinajstić information content (AvgIpc) is 3.08. The van der Waals surface area contributed by atoms with Gasteiger partial charge in [0.2, 0.25) is 11.6 Å². The number of ether oxygens (including phenoxy) is 4. The fourth-order valence-corrected chi connectivity index (χ4v) is 2.57. The first kappa shape index (κ1) is 18.3. The molecule has 1 heterocycles. The molecule has 0 amide bonds. The lowest BCUT2D eigenvalue weighted by atomic mass is 10.1. The van der Waals surface area contributed by atoms with Crippen molar-refractivity contribution in [1.82, 2.24) is 0 Å². The van der Waals surface area contributed by atoms with E-state index in [1.807, 2.05) is 36.4 Å². The lowest BCUT2D eigenvalue weighted by molar-refractivity contribution is -0.130. The third-order valence-corrected chi connectivity index (χ3v) is 3.87. The van der Waals surface area contributed by atoms with Gasteiger partial charge in [-0.25, -0.2) is 9.79 Å². The van der Waals surface area contributed by atoms with Gasteiger partial charge in [0.25, 0.3) is 0 Å². The van der Waals surface area contributed by atoms with Gasteiger partial charge in [0, 0.05) is 5.56 Å². The number of hydrogen-bond acceptors (Lipinski definition) is 6. The molecule has 0 aromatic heterocycles. The SMILES string of the molecule is COc1cc(C2=N/C(=C/C=C\c3ccccc3)C(=O)O2)cc(OC)c1OC. The zero-order chi connectivity index (χ0) is 19.2. The third kappa shape index (κ3) is 4.00. The second-order valence-electron chi connectivity index (χ2n) is 5.54. The lowest BCUT2D eigenvalue weighted by Crippen LogP contribution is -2.06. The molecule has 138 valence electrons. The van der Waals surface area contributed by atoms with Gasteiger partial charge < -0.3 is 18.9 Å². The van der Waals surface area contributed by atoms with Crippen molar-refractivity contribution < 1.29 is 23.7 Å². The Kier molecular flexibility index (Phi) is 5.56. The first-order valence-electron chi connectivity index (χ1n) is 8.21. The van der Waals surface area contributed by atoms with Gasteiger partial charge in [-0.1, -0.05) is 42.5 Å². The summed E-state index contributed by atoms with van der Waals surface area (Å²) in [6, 6.07) is 13.1. The lowest BCUT2D eigenvalue weighted by Gasteiger charge is -2.13. The number of carbonyl (C=O) groups excluding carboxylic acids is 1. The molecule has 0 saturated carbocycles. The third-order valence-electron chi connectivity index (χ3n) is 3.87. The van der Waals surface area contributed by atoms with Gasteiger partial charge >= 0.3 is 5.97 Å². The number of allylic oxidation sites excluding steroid dienone is 2. The van der Waals surface area contributed by atoms with E-state index in [1.165, 1.54) is 21.3 Å². The summed E-state index contributed by atoms with van der Waals surface area (Å²) in [7, 11) is 4.56. The number of benzene rings is 2. The largest absolute Gasteiger partial charge is 0.493 e. The molecular weight excluding hydrogens is 346 g/mol. The summed E-state index contributed by atoms with van der Waals surface area (Å²) < 4.78 is 21.2. The predicted octanol–water partition coefficient (Wildman–Crippen LogP) is 3.61. The number of nitrogens with zero attached hydrogens (tertiary/aromatic N) is 1. The van der Waals surface area contributed by atoms with E-state index in [2.05, 4.69) is 4.99 Å². The van der Waals surface area contributed by atoms with Crippen molar-refractivity contribution in [2.24, 2.45) is 4.99 Å². The van der Waals surface area contributed by atoms with Crippen LogP contribution in [0.2, 0.25) is 0 Å². The Balaban J connectivity index is 1.90. The Labute approximate surface area is 157 Å². The Morgan fingerprint density at radius 1 is 0.963 bits per heavy atom. The summed E-state index contributed by atoms with van der Waals surface area (Å²) in [5, 5.41) is 0. The second-order valence-corrected chi connectivity index (χ2v) is 5.54. The van der Waals surface area contributed by atoms with E-state index >= 15 is 0 Å². The molecule has 1 aliphatic heterocycles. The summed E-state index contributed by atoms with van der Waals surface area (Å²) in [5.41, 5.74) is 1.79. The molecule has 0 N–H and O–H groups in total. The fourth-order valence-electron chi connectivity index (χ4n) is 2.57. The highest BCUT2D eigenvalue weighted by Gasteiger charge is 2.26. The van der Waals surface area contributed by atoms with E-state index < -0.39 is 5.97 Å². The maximum Gasteiger partial charge on any atom is 0.363 e. The van der Waals surface area contributed by atoms with E-state index in [0.29, 0.717) is 22.8 Å². The van der Waals surface area contributed by atoms with Crippen molar-refractivity contribution in [3.63, 3.8) is 0 Å². The minimum absolute atomic E-state index is 0.179. The van der Waals surface area contributed by atoms with Crippen LogP contribution in [-0.2, 0) is 9.53 Å². The van der Waals surface area contributed by atoms with Crippen LogP contribution < -0.4 is 14.2 Å². The maximum atomic E-state index is 12.1. The minimum atomic E-state index is -0.517. The quantitative estimate of drug-likeness (QED) is 0.578. The summed E-state index contributed by atoms with van der Waals surface area (Å²) in [6.45, 7) is 0. The van der Waals surface area contributed by atoms with Crippen LogP contribution in [0, 0.1) is 0 Å². The molecule has 6 nitrogen and oxygen atoms in total. The molecule has 0 spiro atoms. The smallest absolute Gasteiger partial charge is 0.363 e. The number of rotatable bonds is 6. The molecule has 0 aliphatic carbocycles. The second kappa shape index (κ2) is 8.23. The number of hydrogen-bond donors (Lipinski definition) is 0.